The van der Waals surface area contributed by atoms with Crippen molar-refractivity contribution in [1.82, 2.24) is 9.80 Å². The molecule has 3 aliphatic heterocycles. The highest BCUT2D eigenvalue weighted by Gasteiger charge is 2.63. The molecular weight excluding hydrogens is 416 g/mol. The maximum Gasteiger partial charge on any atom is 0.410 e. The molecule has 3 saturated heterocycles. The highest BCUT2D eigenvalue weighted by Crippen LogP contribution is 2.44. The second-order valence-electron chi connectivity index (χ2n) is 8.29. The van der Waals surface area contributed by atoms with Crippen LogP contribution in [0.3, 0.4) is 0 Å². The topological polar surface area (TPSA) is 113 Å². The van der Waals surface area contributed by atoms with E-state index < -0.39 is 35.0 Å². The minimum absolute atomic E-state index is 0.0926. The van der Waals surface area contributed by atoms with Crippen molar-refractivity contribution >= 4 is 40.2 Å². The minimum Gasteiger partial charge on any atom is -0.449 e. The normalized spacial score (nSPS) is 23.9. The van der Waals surface area contributed by atoms with Gasteiger partial charge in [0.2, 0.25) is 0 Å². The molecule has 0 N–H and O–H groups in total. The summed E-state index contributed by atoms with van der Waals surface area (Å²) in [6.45, 7) is 2.66. The highest BCUT2D eigenvalue weighted by molar-refractivity contribution is 6.25. The van der Waals surface area contributed by atoms with Crippen LogP contribution in [0.1, 0.15) is 26.2 Å². The van der Waals surface area contributed by atoms with Crippen LogP contribution in [0.4, 0.5) is 21.0 Å². The predicted molar refractivity (Wildman–Crippen MR) is 114 cm³/mol. The first-order valence-electron chi connectivity index (χ1n) is 10.7. The summed E-state index contributed by atoms with van der Waals surface area (Å²) in [5.74, 6) is -0.424. The Morgan fingerprint density at radius 2 is 1.94 bits per heavy atom. The monoisotopic (exact) mass is 438 g/mol. The second kappa shape index (κ2) is 7.47. The number of amides is 4. The highest BCUT2D eigenvalue weighted by atomic mass is 16.6. The van der Waals surface area contributed by atoms with Gasteiger partial charge in [-0.1, -0.05) is 31.5 Å². The molecule has 0 unspecified atom stereocenters. The van der Waals surface area contributed by atoms with Crippen LogP contribution in [0.25, 0.3) is 10.8 Å². The fourth-order valence-corrected chi connectivity index (χ4v) is 5.10. The number of nitro groups is 1. The molecule has 32 heavy (non-hydrogen) atoms. The van der Waals surface area contributed by atoms with Gasteiger partial charge in [-0.2, -0.15) is 0 Å². The van der Waals surface area contributed by atoms with E-state index in [0.717, 1.165) is 17.7 Å². The van der Waals surface area contributed by atoms with Gasteiger partial charge in [-0.25, -0.2) is 14.5 Å². The lowest BCUT2D eigenvalue weighted by molar-refractivity contribution is -0.383. The Bertz CT molecular complexity index is 1150. The van der Waals surface area contributed by atoms with E-state index in [4.69, 9.17) is 4.74 Å². The Morgan fingerprint density at radius 3 is 2.66 bits per heavy atom. The predicted octanol–water partition coefficient (Wildman–Crippen LogP) is 3.28. The van der Waals surface area contributed by atoms with Crippen LogP contribution in [0, 0.1) is 10.1 Å². The van der Waals surface area contributed by atoms with Crippen molar-refractivity contribution in [2.24, 2.45) is 0 Å². The van der Waals surface area contributed by atoms with Gasteiger partial charge in [0.25, 0.3) is 11.6 Å². The molecule has 3 fully saturated rings. The number of likely N-dealkylation sites (tertiary alicyclic amines) is 1. The number of non-ortho nitro benzene ring substituents is 1. The van der Waals surface area contributed by atoms with Gasteiger partial charge < -0.3 is 14.5 Å². The quantitative estimate of drug-likeness (QED) is 0.306. The zero-order chi connectivity index (χ0) is 22.6. The Hall–Kier alpha value is -3.69. The van der Waals surface area contributed by atoms with Crippen LogP contribution in [-0.4, -0.2) is 64.0 Å². The smallest absolute Gasteiger partial charge is 0.410 e. The number of nitro benzene ring substituents is 1. The van der Waals surface area contributed by atoms with E-state index in [1.807, 2.05) is 6.92 Å². The number of hydrogen-bond donors (Lipinski definition) is 0. The Balaban J connectivity index is 1.47. The van der Waals surface area contributed by atoms with Crippen LogP contribution >= 0.6 is 0 Å². The molecule has 10 heteroatoms. The number of rotatable bonds is 5. The van der Waals surface area contributed by atoms with Crippen molar-refractivity contribution in [3.63, 3.8) is 0 Å². The molecule has 10 nitrogen and oxygen atoms in total. The molecule has 0 spiro atoms. The number of carbonyl (C=O) groups excluding carboxylic acids is 3. The summed E-state index contributed by atoms with van der Waals surface area (Å²) in [5, 5.41) is 12.2. The number of nitrogens with zero attached hydrogens (tertiary/aromatic N) is 4. The van der Waals surface area contributed by atoms with Crippen molar-refractivity contribution in [3.8, 4) is 0 Å². The number of fused-ring (bicyclic) bond motifs is 6. The summed E-state index contributed by atoms with van der Waals surface area (Å²) < 4.78 is 5.33. The Kier molecular flexibility index (Phi) is 4.72. The third kappa shape index (κ3) is 2.82. The Labute approximate surface area is 183 Å². The molecule has 5 rings (SSSR count). The molecule has 3 heterocycles. The van der Waals surface area contributed by atoms with Crippen molar-refractivity contribution in [1.29, 1.82) is 0 Å². The van der Waals surface area contributed by atoms with E-state index in [2.05, 4.69) is 0 Å². The van der Waals surface area contributed by atoms with E-state index in [1.54, 1.807) is 34.1 Å². The number of urea groups is 1. The molecular formula is C22H22N4O6. The molecule has 2 aromatic rings. The molecule has 0 aliphatic carbocycles. The summed E-state index contributed by atoms with van der Waals surface area (Å²) in [4.78, 5) is 54.4. The lowest BCUT2D eigenvalue weighted by atomic mass is 10.0. The fourth-order valence-electron chi connectivity index (χ4n) is 5.10. The minimum atomic E-state index is -0.770. The summed E-state index contributed by atoms with van der Waals surface area (Å²) in [6.07, 6.45) is 1.76. The van der Waals surface area contributed by atoms with Crippen molar-refractivity contribution in [3.05, 3.63) is 46.5 Å². The summed E-state index contributed by atoms with van der Waals surface area (Å²) in [5.41, 5.74) is 0.220. The molecule has 2 aromatic carbocycles. The number of anilines is 1. The fraction of sp³-hybridized carbons (Fsp3) is 0.409. The average molecular weight is 438 g/mol. The molecule has 0 saturated carbocycles. The summed E-state index contributed by atoms with van der Waals surface area (Å²) >= 11 is 0. The number of benzene rings is 2. The van der Waals surface area contributed by atoms with Gasteiger partial charge in [-0.3, -0.25) is 14.9 Å². The van der Waals surface area contributed by atoms with E-state index in [0.29, 0.717) is 36.0 Å². The number of imide groups is 1. The lowest BCUT2D eigenvalue weighted by Crippen LogP contribution is -2.55. The summed E-state index contributed by atoms with van der Waals surface area (Å²) in [7, 11) is 0. The molecule has 4 amide bonds. The van der Waals surface area contributed by atoms with E-state index in [1.165, 1.54) is 12.1 Å². The first-order valence-corrected chi connectivity index (χ1v) is 10.7. The maximum atomic E-state index is 13.4. The standard InChI is InChI=1S/C22H22N4O6/c1-2-3-10-32-22(29)23-12-13-11-18(23)19-20(27)25(21(28)24(13)19)16-8-9-17(26(30)31)15-7-5-4-6-14(15)16/h4-9,13,18-19H,2-3,10-12H2,1H3/t13-,18-,19+/m0/s1. The van der Waals surface area contributed by atoms with Gasteiger partial charge in [0.1, 0.15) is 6.04 Å². The molecule has 2 bridgehead atoms. The molecule has 3 aliphatic rings. The largest absolute Gasteiger partial charge is 0.449 e. The molecule has 0 aromatic heterocycles. The first-order chi connectivity index (χ1) is 15.4. The lowest BCUT2D eigenvalue weighted by Gasteiger charge is -2.34. The number of carbonyl (C=O) groups is 3. The average Bonchev–Trinajstić information content (AvgIpc) is 3.44. The van der Waals surface area contributed by atoms with E-state index >= 15 is 0 Å². The summed E-state index contributed by atoms with van der Waals surface area (Å²) in [6, 6.07) is 7.49. The zero-order valence-electron chi connectivity index (χ0n) is 17.5. The van der Waals surface area contributed by atoms with E-state index in [-0.39, 0.29) is 11.7 Å². The van der Waals surface area contributed by atoms with Crippen molar-refractivity contribution < 1.29 is 24.0 Å². The third-order valence-corrected chi connectivity index (χ3v) is 6.54. The van der Waals surface area contributed by atoms with Gasteiger partial charge in [0.05, 0.1) is 34.7 Å². The number of ether oxygens (including phenoxy) is 1. The Morgan fingerprint density at radius 1 is 1.19 bits per heavy atom. The number of hydrogen-bond acceptors (Lipinski definition) is 6. The molecule has 166 valence electrons. The van der Waals surface area contributed by atoms with E-state index in [9.17, 15) is 24.5 Å². The van der Waals surface area contributed by atoms with Crippen LogP contribution < -0.4 is 4.90 Å². The van der Waals surface area contributed by atoms with Gasteiger partial charge >= 0.3 is 12.1 Å². The van der Waals surface area contributed by atoms with Crippen LogP contribution in [0.5, 0.6) is 0 Å². The zero-order valence-corrected chi connectivity index (χ0v) is 17.5. The van der Waals surface area contributed by atoms with Gasteiger partial charge in [-0.05, 0) is 25.0 Å². The molecule has 0 radical (unpaired) electrons. The number of piperazine rings is 1. The third-order valence-electron chi connectivity index (χ3n) is 6.54. The first kappa shape index (κ1) is 20.2. The van der Waals surface area contributed by atoms with Gasteiger partial charge in [-0.15, -0.1) is 0 Å². The van der Waals surface area contributed by atoms with Crippen LogP contribution in [-0.2, 0) is 9.53 Å². The number of unbranched alkanes of at least 4 members (excludes halogenated alkanes) is 1. The molecule has 3 atom stereocenters. The van der Waals surface area contributed by atoms with Gasteiger partial charge in [0, 0.05) is 18.0 Å². The van der Waals surface area contributed by atoms with Crippen molar-refractivity contribution in [2.45, 2.75) is 44.3 Å². The van der Waals surface area contributed by atoms with Crippen LogP contribution in [0.15, 0.2) is 36.4 Å². The van der Waals surface area contributed by atoms with Crippen molar-refractivity contribution in [2.75, 3.05) is 18.1 Å². The second-order valence-corrected chi connectivity index (χ2v) is 8.29. The SMILES string of the molecule is CCCCOC(=O)N1C[C@@H]2C[C@H]1[C@@H]1C(=O)N(c3ccc([N+](=O)[O-])c4ccccc34)C(=O)N21. The maximum absolute atomic E-state index is 13.4. The van der Waals surface area contributed by atoms with Gasteiger partial charge in [0.15, 0.2) is 0 Å². The van der Waals surface area contributed by atoms with Crippen LogP contribution in [0.2, 0.25) is 0 Å².